The molecule has 0 unspecified atom stereocenters. The summed E-state index contributed by atoms with van der Waals surface area (Å²) in [6.45, 7) is 7.28. The van der Waals surface area contributed by atoms with Crippen LogP contribution in [0.4, 0.5) is 10.7 Å². The first-order valence-electron chi connectivity index (χ1n) is 12.0. The fraction of sp³-hybridized carbons (Fsp3) is 0.423. The van der Waals surface area contributed by atoms with Gasteiger partial charge in [0, 0.05) is 62.9 Å². The smallest absolute Gasteiger partial charge is 0.317 e. The number of piperazine rings is 1. The molecule has 0 radical (unpaired) electrons. The number of rotatable bonds is 4. The van der Waals surface area contributed by atoms with Crippen LogP contribution in [-0.4, -0.2) is 70.6 Å². The lowest BCUT2D eigenvalue weighted by Gasteiger charge is -2.41. The van der Waals surface area contributed by atoms with Crippen molar-refractivity contribution in [1.29, 1.82) is 0 Å². The number of benzene rings is 2. The molecule has 0 bridgehead atoms. The molecule has 0 saturated carbocycles. The number of aromatic nitrogens is 2. The minimum atomic E-state index is 0.0584. The third-order valence-electron chi connectivity index (χ3n) is 6.81. The fourth-order valence-electron chi connectivity index (χ4n) is 4.89. The number of fused-ring (bicyclic) bond motifs is 1. The van der Waals surface area contributed by atoms with Gasteiger partial charge in [0.1, 0.15) is 0 Å². The summed E-state index contributed by atoms with van der Waals surface area (Å²) in [5, 5.41) is 4.34. The highest BCUT2D eigenvalue weighted by Crippen LogP contribution is 2.20. The van der Waals surface area contributed by atoms with Gasteiger partial charge in [-0.1, -0.05) is 48.5 Å². The predicted octanol–water partition coefficient (Wildman–Crippen LogP) is 3.51. The standard InChI is InChI=1S/C26H32N6O/c1-20-18-31(25-27-17-22-9-5-6-10-24(22)29-25)15-16-32(20)26(33)28-23-11-13-30(14-12-23)19-21-7-3-2-4-8-21/h2-10,17,20,23H,11-16,18-19H2,1H3,(H,28,33)/t20-/m1/s1. The Morgan fingerprint density at radius 3 is 2.55 bits per heavy atom. The molecule has 172 valence electrons. The zero-order valence-corrected chi connectivity index (χ0v) is 19.2. The van der Waals surface area contributed by atoms with Gasteiger partial charge in [-0.15, -0.1) is 0 Å². The van der Waals surface area contributed by atoms with E-state index in [0.29, 0.717) is 6.54 Å². The number of carbonyl (C=O) groups excluding carboxylic acids is 1. The van der Waals surface area contributed by atoms with Gasteiger partial charge in [0.15, 0.2) is 0 Å². The third-order valence-corrected chi connectivity index (χ3v) is 6.81. The molecule has 3 aromatic rings. The summed E-state index contributed by atoms with van der Waals surface area (Å²) in [4.78, 5) is 28.9. The Morgan fingerprint density at radius 1 is 1.00 bits per heavy atom. The van der Waals surface area contributed by atoms with Gasteiger partial charge in [-0.2, -0.15) is 0 Å². The van der Waals surface area contributed by atoms with Gasteiger partial charge in [-0.25, -0.2) is 14.8 Å². The highest BCUT2D eigenvalue weighted by atomic mass is 16.2. The maximum Gasteiger partial charge on any atom is 0.317 e. The lowest BCUT2D eigenvalue weighted by atomic mass is 10.0. The molecule has 2 aliphatic heterocycles. The van der Waals surface area contributed by atoms with Crippen LogP contribution >= 0.6 is 0 Å². The van der Waals surface area contributed by atoms with Crippen molar-refractivity contribution in [2.45, 2.75) is 38.4 Å². The molecule has 2 aromatic carbocycles. The van der Waals surface area contributed by atoms with E-state index >= 15 is 0 Å². The molecule has 33 heavy (non-hydrogen) atoms. The Hall–Kier alpha value is -3.19. The number of hydrogen-bond donors (Lipinski definition) is 1. The average Bonchev–Trinajstić information content (AvgIpc) is 2.85. The maximum absolute atomic E-state index is 13.0. The number of nitrogens with one attached hydrogen (secondary N) is 1. The first-order chi connectivity index (χ1) is 16.2. The van der Waals surface area contributed by atoms with E-state index in [1.54, 1.807) is 0 Å². The largest absolute Gasteiger partial charge is 0.337 e. The molecule has 5 rings (SSSR count). The normalized spacial score (nSPS) is 20.2. The minimum absolute atomic E-state index is 0.0584. The second-order valence-electron chi connectivity index (χ2n) is 9.20. The zero-order chi connectivity index (χ0) is 22.6. The Kier molecular flexibility index (Phi) is 6.39. The molecule has 0 spiro atoms. The number of urea groups is 1. The van der Waals surface area contributed by atoms with Crippen LogP contribution < -0.4 is 10.2 Å². The van der Waals surface area contributed by atoms with E-state index < -0.39 is 0 Å². The molecular weight excluding hydrogens is 412 g/mol. The van der Waals surface area contributed by atoms with E-state index in [9.17, 15) is 4.79 Å². The van der Waals surface area contributed by atoms with Gasteiger partial charge in [-0.3, -0.25) is 4.90 Å². The Labute approximate surface area is 195 Å². The lowest BCUT2D eigenvalue weighted by Crippen LogP contribution is -2.58. The van der Waals surface area contributed by atoms with Gasteiger partial charge in [-0.05, 0) is 31.4 Å². The summed E-state index contributed by atoms with van der Waals surface area (Å²) >= 11 is 0. The molecule has 1 aromatic heterocycles. The molecule has 2 fully saturated rings. The zero-order valence-electron chi connectivity index (χ0n) is 19.2. The van der Waals surface area contributed by atoms with Crippen molar-refractivity contribution < 1.29 is 4.79 Å². The summed E-state index contributed by atoms with van der Waals surface area (Å²) in [7, 11) is 0. The summed E-state index contributed by atoms with van der Waals surface area (Å²) in [6.07, 6.45) is 3.88. The summed E-state index contributed by atoms with van der Waals surface area (Å²) in [6, 6.07) is 19.0. The van der Waals surface area contributed by atoms with Crippen molar-refractivity contribution in [3.05, 3.63) is 66.4 Å². The number of piperidine rings is 1. The fourth-order valence-corrected chi connectivity index (χ4v) is 4.89. The van der Waals surface area contributed by atoms with Crippen LogP contribution in [0, 0.1) is 0 Å². The molecule has 1 N–H and O–H groups in total. The predicted molar refractivity (Wildman–Crippen MR) is 131 cm³/mol. The van der Waals surface area contributed by atoms with Crippen LogP contribution in [-0.2, 0) is 6.54 Å². The van der Waals surface area contributed by atoms with Crippen LogP contribution in [0.25, 0.3) is 10.9 Å². The van der Waals surface area contributed by atoms with Crippen LogP contribution in [0.3, 0.4) is 0 Å². The maximum atomic E-state index is 13.0. The molecular formula is C26H32N6O. The van der Waals surface area contributed by atoms with Crippen LogP contribution in [0.5, 0.6) is 0 Å². The Morgan fingerprint density at radius 2 is 1.76 bits per heavy atom. The van der Waals surface area contributed by atoms with Crippen LogP contribution in [0.15, 0.2) is 60.8 Å². The van der Waals surface area contributed by atoms with Crippen molar-refractivity contribution in [2.24, 2.45) is 0 Å². The molecule has 1 atom stereocenters. The van der Waals surface area contributed by atoms with Gasteiger partial charge in [0.25, 0.3) is 0 Å². The van der Waals surface area contributed by atoms with Crippen molar-refractivity contribution in [3.63, 3.8) is 0 Å². The van der Waals surface area contributed by atoms with Crippen molar-refractivity contribution in [3.8, 4) is 0 Å². The summed E-state index contributed by atoms with van der Waals surface area (Å²) in [5.74, 6) is 0.742. The van der Waals surface area contributed by atoms with Crippen molar-refractivity contribution in [2.75, 3.05) is 37.6 Å². The lowest BCUT2D eigenvalue weighted by molar-refractivity contribution is 0.152. The third kappa shape index (κ3) is 5.09. The van der Waals surface area contributed by atoms with E-state index in [4.69, 9.17) is 4.98 Å². The number of likely N-dealkylation sites (tertiary alicyclic amines) is 1. The minimum Gasteiger partial charge on any atom is -0.337 e. The topological polar surface area (TPSA) is 64.6 Å². The van der Waals surface area contributed by atoms with Gasteiger partial charge < -0.3 is 15.1 Å². The molecule has 2 saturated heterocycles. The van der Waals surface area contributed by atoms with E-state index in [2.05, 4.69) is 57.4 Å². The Bertz CT molecular complexity index is 1080. The number of nitrogens with zero attached hydrogens (tertiary/aromatic N) is 5. The van der Waals surface area contributed by atoms with E-state index in [0.717, 1.165) is 62.4 Å². The van der Waals surface area contributed by atoms with Crippen LogP contribution in [0.1, 0.15) is 25.3 Å². The van der Waals surface area contributed by atoms with E-state index in [1.807, 2.05) is 35.4 Å². The molecule has 7 nitrogen and oxygen atoms in total. The number of para-hydroxylation sites is 1. The molecule has 2 aliphatic rings. The monoisotopic (exact) mass is 444 g/mol. The van der Waals surface area contributed by atoms with E-state index in [-0.39, 0.29) is 18.1 Å². The van der Waals surface area contributed by atoms with Gasteiger partial charge >= 0.3 is 6.03 Å². The number of carbonyl (C=O) groups is 1. The molecule has 7 heteroatoms. The Balaban J connectivity index is 1.11. The molecule has 3 heterocycles. The quantitative estimate of drug-likeness (QED) is 0.667. The summed E-state index contributed by atoms with van der Waals surface area (Å²) < 4.78 is 0. The SMILES string of the molecule is C[C@@H]1CN(c2ncc3ccccc3n2)CCN1C(=O)NC1CCN(Cc2ccccc2)CC1. The van der Waals surface area contributed by atoms with Crippen molar-refractivity contribution in [1.82, 2.24) is 25.1 Å². The highest BCUT2D eigenvalue weighted by Gasteiger charge is 2.30. The second-order valence-corrected chi connectivity index (χ2v) is 9.20. The average molecular weight is 445 g/mol. The number of anilines is 1. The number of amides is 2. The van der Waals surface area contributed by atoms with Crippen LogP contribution in [0.2, 0.25) is 0 Å². The second kappa shape index (κ2) is 9.75. The number of hydrogen-bond acceptors (Lipinski definition) is 5. The summed E-state index contributed by atoms with van der Waals surface area (Å²) in [5.41, 5.74) is 2.30. The van der Waals surface area contributed by atoms with Gasteiger partial charge in [0.05, 0.1) is 5.52 Å². The van der Waals surface area contributed by atoms with Crippen molar-refractivity contribution >= 4 is 22.9 Å². The molecule has 0 aliphatic carbocycles. The highest BCUT2D eigenvalue weighted by molar-refractivity contribution is 5.78. The first-order valence-corrected chi connectivity index (χ1v) is 12.0. The van der Waals surface area contributed by atoms with Gasteiger partial charge in [0.2, 0.25) is 5.95 Å². The van der Waals surface area contributed by atoms with E-state index in [1.165, 1.54) is 5.56 Å². The molecule has 2 amide bonds. The first kappa shape index (κ1) is 21.6.